The van der Waals surface area contributed by atoms with E-state index in [2.05, 4.69) is 6.07 Å². The van der Waals surface area contributed by atoms with Crippen molar-refractivity contribution in [3.05, 3.63) is 94.9 Å². The van der Waals surface area contributed by atoms with Gasteiger partial charge in [-0.25, -0.2) is 0 Å². The first-order valence-corrected chi connectivity index (χ1v) is 9.51. The van der Waals surface area contributed by atoms with Gasteiger partial charge in [-0.15, -0.1) is 0 Å². The number of para-hydroxylation sites is 1. The molecule has 0 fully saturated rings. The first-order chi connectivity index (χ1) is 14.7. The molecule has 6 heteroatoms. The van der Waals surface area contributed by atoms with Crippen LogP contribution in [0.3, 0.4) is 0 Å². The number of rotatable bonds is 4. The molecule has 3 aromatic carbocycles. The van der Waals surface area contributed by atoms with E-state index in [1.54, 1.807) is 6.07 Å². The lowest BCUT2D eigenvalue weighted by Crippen LogP contribution is -2.21. The number of nitriles is 1. The number of ether oxygens (including phenoxy) is 4. The number of nitrogens with zero attached hydrogens (tertiary/aromatic N) is 1. The predicted molar refractivity (Wildman–Crippen MR) is 109 cm³/mol. The molecule has 2 aliphatic heterocycles. The average molecular weight is 398 g/mol. The first-order valence-electron chi connectivity index (χ1n) is 9.51. The van der Waals surface area contributed by atoms with E-state index < -0.39 is 5.92 Å². The molecule has 0 saturated heterocycles. The Labute approximate surface area is 173 Å². The van der Waals surface area contributed by atoms with Gasteiger partial charge in [-0.2, -0.15) is 5.26 Å². The molecule has 148 valence electrons. The summed E-state index contributed by atoms with van der Waals surface area (Å²) in [6.45, 7) is 0.559. The Morgan fingerprint density at radius 3 is 2.47 bits per heavy atom. The van der Waals surface area contributed by atoms with Crippen LogP contribution in [-0.2, 0) is 6.61 Å². The third-order valence-electron chi connectivity index (χ3n) is 5.18. The van der Waals surface area contributed by atoms with Crippen molar-refractivity contribution in [2.24, 2.45) is 5.73 Å². The molecule has 5 rings (SSSR count). The van der Waals surface area contributed by atoms with Crippen LogP contribution >= 0.6 is 0 Å². The molecule has 0 amide bonds. The fraction of sp³-hybridized carbons (Fsp3) is 0.125. The van der Waals surface area contributed by atoms with Gasteiger partial charge in [0.1, 0.15) is 29.7 Å². The van der Waals surface area contributed by atoms with Crippen LogP contribution in [-0.4, -0.2) is 6.79 Å². The van der Waals surface area contributed by atoms with Gasteiger partial charge >= 0.3 is 0 Å². The lowest BCUT2D eigenvalue weighted by atomic mass is 9.83. The minimum absolute atomic E-state index is 0.0757. The van der Waals surface area contributed by atoms with E-state index in [-0.39, 0.29) is 12.7 Å². The standard InChI is InChI=1S/C24H18N2O4/c25-12-18-23(17-10-21-22(29-14-28-21)11-20(17)30-24(18)26)16-8-4-5-9-19(16)27-13-15-6-2-1-3-7-15/h1-11,23H,13-14,26H2. The summed E-state index contributed by atoms with van der Waals surface area (Å²) in [5, 5.41) is 9.85. The Hall–Kier alpha value is -4.11. The highest BCUT2D eigenvalue weighted by Gasteiger charge is 2.34. The number of benzene rings is 3. The van der Waals surface area contributed by atoms with Gasteiger partial charge in [0.25, 0.3) is 0 Å². The Morgan fingerprint density at radius 2 is 1.67 bits per heavy atom. The van der Waals surface area contributed by atoms with Crippen molar-refractivity contribution in [3.8, 4) is 29.1 Å². The highest BCUT2D eigenvalue weighted by molar-refractivity contribution is 5.63. The molecule has 0 radical (unpaired) electrons. The highest BCUT2D eigenvalue weighted by Crippen LogP contribution is 2.49. The van der Waals surface area contributed by atoms with E-state index >= 15 is 0 Å². The number of allylic oxidation sites excluding steroid dienone is 1. The monoisotopic (exact) mass is 398 g/mol. The molecular weight excluding hydrogens is 380 g/mol. The molecule has 1 atom stereocenters. The van der Waals surface area contributed by atoms with Gasteiger partial charge in [-0.1, -0.05) is 48.5 Å². The lowest BCUT2D eigenvalue weighted by Gasteiger charge is -2.27. The van der Waals surface area contributed by atoms with Gasteiger partial charge in [-0.3, -0.25) is 0 Å². The number of hydrogen-bond donors (Lipinski definition) is 1. The third-order valence-corrected chi connectivity index (χ3v) is 5.18. The van der Waals surface area contributed by atoms with Crippen molar-refractivity contribution in [2.45, 2.75) is 12.5 Å². The number of fused-ring (bicyclic) bond motifs is 2. The van der Waals surface area contributed by atoms with E-state index in [0.29, 0.717) is 35.2 Å². The topological polar surface area (TPSA) is 86.7 Å². The predicted octanol–water partition coefficient (Wildman–Crippen LogP) is 4.21. The van der Waals surface area contributed by atoms with Crippen LogP contribution in [0.1, 0.15) is 22.6 Å². The second kappa shape index (κ2) is 7.37. The van der Waals surface area contributed by atoms with Crippen LogP contribution in [0.2, 0.25) is 0 Å². The Kier molecular flexibility index (Phi) is 4.41. The van der Waals surface area contributed by atoms with Crippen LogP contribution in [0.5, 0.6) is 23.0 Å². The second-order valence-electron chi connectivity index (χ2n) is 6.98. The first kappa shape index (κ1) is 18.0. The molecule has 30 heavy (non-hydrogen) atoms. The molecule has 0 aliphatic carbocycles. The van der Waals surface area contributed by atoms with Crippen LogP contribution in [0.4, 0.5) is 0 Å². The average Bonchev–Trinajstić information content (AvgIpc) is 3.24. The van der Waals surface area contributed by atoms with Crippen molar-refractivity contribution >= 4 is 0 Å². The fourth-order valence-electron chi connectivity index (χ4n) is 3.75. The Balaban J connectivity index is 1.59. The van der Waals surface area contributed by atoms with Crippen molar-refractivity contribution < 1.29 is 18.9 Å². The number of hydrogen-bond acceptors (Lipinski definition) is 6. The van der Waals surface area contributed by atoms with E-state index in [4.69, 9.17) is 24.7 Å². The second-order valence-corrected chi connectivity index (χ2v) is 6.98. The quantitative estimate of drug-likeness (QED) is 0.708. The molecule has 1 unspecified atom stereocenters. The van der Waals surface area contributed by atoms with Crippen LogP contribution < -0.4 is 24.7 Å². The van der Waals surface area contributed by atoms with Crippen molar-refractivity contribution in [1.29, 1.82) is 5.26 Å². The normalized spacial score (nSPS) is 16.4. The summed E-state index contributed by atoms with van der Waals surface area (Å²) in [5.74, 6) is 2.06. The summed E-state index contributed by atoms with van der Waals surface area (Å²) in [6, 6.07) is 23.4. The highest BCUT2D eigenvalue weighted by atomic mass is 16.7. The maximum atomic E-state index is 9.85. The molecule has 0 saturated carbocycles. The molecule has 0 aromatic heterocycles. The van der Waals surface area contributed by atoms with E-state index in [1.165, 1.54) is 0 Å². The van der Waals surface area contributed by atoms with Gasteiger partial charge in [-0.05, 0) is 17.7 Å². The Morgan fingerprint density at radius 1 is 0.933 bits per heavy atom. The molecule has 0 spiro atoms. The van der Waals surface area contributed by atoms with Gasteiger partial charge in [0.05, 0.1) is 5.92 Å². The van der Waals surface area contributed by atoms with Crippen molar-refractivity contribution in [3.63, 3.8) is 0 Å². The molecule has 2 heterocycles. The molecular formula is C24H18N2O4. The van der Waals surface area contributed by atoms with Crippen molar-refractivity contribution in [2.75, 3.05) is 6.79 Å². The van der Waals surface area contributed by atoms with Crippen molar-refractivity contribution in [1.82, 2.24) is 0 Å². The van der Waals surface area contributed by atoms with Gasteiger partial charge in [0.15, 0.2) is 11.5 Å². The largest absolute Gasteiger partial charge is 0.489 e. The third kappa shape index (κ3) is 3.07. The Bertz CT molecular complexity index is 1180. The summed E-state index contributed by atoms with van der Waals surface area (Å²) < 4.78 is 22.9. The fourth-order valence-corrected chi connectivity index (χ4v) is 3.75. The molecule has 2 aliphatic rings. The molecule has 0 bridgehead atoms. The summed E-state index contributed by atoms with van der Waals surface area (Å²) in [5.41, 5.74) is 9.11. The summed E-state index contributed by atoms with van der Waals surface area (Å²) in [7, 11) is 0. The summed E-state index contributed by atoms with van der Waals surface area (Å²) in [6.07, 6.45) is 0. The minimum atomic E-state index is -0.444. The van der Waals surface area contributed by atoms with Crippen LogP contribution in [0.25, 0.3) is 0 Å². The van der Waals surface area contributed by atoms with E-state index in [0.717, 1.165) is 16.7 Å². The summed E-state index contributed by atoms with van der Waals surface area (Å²) >= 11 is 0. The zero-order valence-corrected chi connectivity index (χ0v) is 16.0. The SMILES string of the molecule is N#CC1=C(N)Oc2cc3c(cc2C1c1ccccc1OCc1ccccc1)OCO3. The summed E-state index contributed by atoms with van der Waals surface area (Å²) in [4.78, 5) is 0. The molecule has 2 N–H and O–H groups in total. The van der Waals surface area contributed by atoms with E-state index in [9.17, 15) is 5.26 Å². The van der Waals surface area contributed by atoms with Gasteiger partial charge < -0.3 is 24.7 Å². The van der Waals surface area contributed by atoms with Crippen LogP contribution in [0, 0.1) is 11.3 Å². The zero-order chi connectivity index (χ0) is 20.5. The minimum Gasteiger partial charge on any atom is -0.489 e. The molecule has 6 nitrogen and oxygen atoms in total. The smallest absolute Gasteiger partial charge is 0.231 e. The lowest BCUT2D eigenvalue weighted by molar-refractivity contribution is 0.174. The number of nitrogens with two attached hydrogens (primary N) is 1. The van der Waals surface area contributed by atoms with Crippen LogP contribution in [0.15, 0.2) is 78.2 Å². The maximum absolute atomic E-state index is 9.85. The zero-order valence-electron chi connectivity index (χ0n) is 16.0. The van der Waals surface area contributed by atoms with E-state index in [1.807, 2.05) is 60.7 Å². The molecule has 3 aromatic rings. The maximum Gasteiger partial charge on any atom is 0.231 e. The van der Waals surface area contributed by atoms with Gasteiger partial charge in [0, 0.05) is 17.2 Å². The van der Waals surface area contributed by atoms with Gasteiger partial charge in [0.2, 0.25) is 12.7 Å².